The molecule has 0 saturated heterocycles. The van der Waals surface area contributed by atoms with Crippen LogP contribution >= 0.6 is 0 Å². The highest BCUT2D eigenvalue weighted by molar-refractivity contribution is 5.37. The van der Waals surface area contributed by atoms with Gasteiger partial charge in [0.15, 0.2) is 5.75 Å². The number of halogens is 6. The summed E-state index contributed by atoms with van der Waals surface area (Å²) in [7, 11) is 0. The van der Waals surface area contributed by atoms with Crippen LogP contribution in [0.5, 0.6) is 5.75 Å². The molecule has 0 bridgehead atoms. The van der Waals surface area contributed by atoms with Crippen molar-refractivity contribution in [3.05, 3.63) is 47.8 Å². The maximum atomic E-state index is 12.6. The number of alkyl halides is 6. The van der Waals surface area contributed by atoms with Gasteiger partial charge in [0.25, 0.3) is 0 Å². The Morgan fingerprint density at radius 1 is 0.950 bits per heavy atom. The lowest BCUT2D eigenvalue weighted by molar-refractivity contribution is -0.143. The summed E-state index contributed by atoms with van der Waals surface area (Å²) in [5.74, 6) is -0.635. The van der Waals surface area contributed by atoms with E-state index in [1.54, 1.807) is 0 Å². The Morgan fingerprint density at radius 3 is 1.90 bits per heavy atom. The number of hydrogen-bond acceptors (Lipinski definition) is 2. The zero-order valence-electron chi connectivity index (χ0n) is 9.46. The maximum Gasteiger partial charge on any atom is 0.416 e. The SMILES string of the molecule is FC(F)(F)c1cc(On2cc[c]n2)cc(C(F)(F)F)c1. The molecule has 2 rings (SSSR count). The Kier molecular flexibility index (Phi) is 3.36. The van der Waals surface area contributed by atoms with Gasteiger partial charge in [-0.3, -0.25) is 0 Å². The van der Waals surface area contributed by atoms with Crippen LogP contribution in [0.15, 0.2) is 30.5 Å². The van der Waals surface area contributed by atoms with Crippen molar-refractivity contribution in [2.45, 2.75) is 12.4 Å². The zero-order valence-corrected chi connectivity index (χ0v) is 9.46. The average molecular weight is 295 g/mol. The van der Waals surface area contributed by atoms with Crippen LogP contribution in [-0.4, -0.2) is 9.94 Å². The third-order valence-corrected chi connectivity index (χ3v) is 2.19. The van der Waals surface area contributed by atoms with Crippen molar-refractivity contribution in [2.24, 2.45) is 0 Å². The molecule has 0 saturated carbocycles. The summed E-state index contributed by atoms with van der Waals surface area (Å²) in [6.45, 7) is 0. The zero-order chi connectivity index (χ0) is 15.0. The van der Waals surface area contributed by atoms with Crippen molar-refractivity contribution in [3.63, 3.8) is 0 Å². The lowest BCUT2D eigenvalue weighted by atomic mass is 10.1. The Hall–Kier alpha value is -2.19. The molecule has 3 nitrogen and oxygen atoms in total. The van der Waals surface area contributed by atoms with Gasteiger partial charge in [0, 0.05) is 0 Å². The molecule has 20 heavy (non-hydrogen) atoms. The third-order valence-electron chi connectivity index (χ3n) is 2.19. The fourth-order valence-electron chi connectivity index (χ4n) is 1.36. The molecule has 9 heteroatoms. The molecule has 0 atom stereocenters. The fourth-order valence-corrected chi connectivity index (χ4v) is 1.36. The van der Waals surface area contributed by atoms with E-state index in [-0.39, 0.29) is 6.07 Å². The van der Waals surface area contributed by atoms with E-state index in [4.69, 9.17) is 4.84 Å². The van der Waals surface area contributed by atoms with E-state index in [2.05, 4.69) is 11.3 Å². The van der Waals surface area contributed by atoms with Gasteiger partial charge in [0.2, 0.25) is 0 Å². The van der Waals surface area contributed by atoms with Crippen LogP contribution in [0.3, 0.4) is 0 Å². The molecule has 1 heterocycles. The summed E-state index contributed by atoms with van der Waals surface area (Å²) < 4.78 is 75.4. The van der Waals surface area contributed by atoms with Crippen LogP contribution in [0.1, 0.15) is 11.1 Å². The van der Waals surface area contributed by atoms with Gasteiger partial charge in [-0.05, 0) is 24.3 Å². The van der Waals surface area contributed by atoms with E-state index in [0.717, 1.165) is 0 Å². The largest absolute Gasteiger partial charge is 0.416 e. The lowest BCUT2D eigenvalue weighted by Gasteiger charge is -2.14. The van der Waals surface area contributed by atoms with Crippen LogP contribution in [0.4, 0.5) is 26.3 Å². The van der Waals surface area contributed by atoms with E-state index in [9.17, 15) is 26.3 Å². The minimum Gasteiger partial charge on any atom is -0.358 e. The molecule has 1 aromatic heterocycles. The molecule has 0 N–H and O–H groups in total. The normalized spacial score (nSPS) is 12.5. The Morgan fingerprint density at radius 2 is 1.50 bits per heavy atom. The van der Waals surface area contributed by atoms with Gasteiger partial charge in [0.1, 0.15) is 6.20 Å². The van der Waals surface area contributed by atoms with Crippen molar-refractivity contribution in [3.8, 4) is 5.75 Å². The highest BCUT2D eigenvalue weighted by atomic mass is 19.4. The first-order chi connectivity index (χ1) is 9.16. The summed E-state index contributed by atoms with van der Waals surface area (Å²) in [5.41, 5.74) is -2.92. The molecule has 0 fully saturated rings. The molecule has 0 aliphatic rings. The van der Waals surface area contributed by atoms with Gasteiger partial charge >= 0.3 is 12.4 Å². The number of nitrogens with zero attached hydrogens (tertiary/aromatic N) is 2. The Bertz CT molecular complexity index is 556. The summed E-state index contributed by atoms with van der Waals surface area (Å²) >= 11 is 0. The van der Waals surface area contributed by atoms with Crippen molar-refractivity contribution in [2.75, 3.05) is 0 Å². The van der Waals surface area contributed by atoms with Gasteiger partial charge < -0.3 is 4.84 Å². The van der Waals surface area contributed by atoms with Gasteiger partial charge in [0.05, 0.1) is 17.3 Å². The Labute approximate surface area is 108 Å². The first kappa shape index (κ1) is 14.2. The smallest absolute Gasteiger partial charge is 0.358 e. The number of benzene rings is 1. The summed E-state index contributed by atoms with van der Waals surface area (Å²) in [5, 5.41) is 3.40. The van der Waals surface area contributed by atoms with E-state index in [1.165, 1.54) is 12.3 Å². The minimum absolute atomic E-state index is 0.0159. The van der Waals surface area contributed by atoms with Crippen LogP contribution in [0.25, 0.3) is 0 Å². The van der Waals surface area contributed by atoms with Gasteiger partial charge in [-0.15, -0.1) is 5.10 Å². The van der Waals surface area contributed by atoms with Crippen LogP contribution < -0.4 is 4.84 Å². The molecule has 0 aliphatic carbocycles. The first-order valence-corrected chi connectivity index (χ1v) is 5.06. The number of rotatable bonds is 2. The fraction of sp³-hybridized carbons (Fsp3) is 0.182. The van der Waals surface area contributed by atoms with E-state index in [1.807, 2.05) is 0 Å². The molecular weight excluding hydrogens is 290 g/mol. The standard InChI is InChI=1S/C11H5F6N2O/c12-10(13,14)7-4-8(11(15,16)17)6-9(5-7)20-19-3-1-2-18-19/h1,3-6H. The van der Waals surface area contributed by atoms with Crippen LogP contribution in [0, 0.1) is 6.20 Å². The second kappa shape index (κ2) is 4.73. The molecule has 1 radical (unpaired) electrons. The van der Waals surface area contributed by atoms with Gasteiger partial charge in [-0.1, -0.05) is 4.85 Å². The lowest BCUT2D eigenvalue weighted by Crippen LogP contribution is -2.13. The molecule has 0 spiro atoms. The van der Waals surface area contributed by atoms with Gasteiger partial charge in [-0.2, -0.15) is 26.3 Å². The third kappa shape index (κ3) is 3.22. The molecular formula is C11H5F6N2O. The minimum atomic E-state index is -4.92. The van der Waals surface area contributed by atoms with Crippen molar-refractivity contribution in [1.82, 2.24) is 9.94 Å². The van der Waals surface area contributed by atoms with E-state index in [0.29, 0.717) is 17.0 Å². The summed E-state index contributed by atoms with van der Waals surface area (Å²) in [4.78, 5) is 5.45. The van der Waals surface area contributed by atoms with Crippen molar-refractivity contribution < 1.29 is 31.2 Å². The van der Waals surface area contributed by atoms with Crippen LogP contribution in [-0.2, 0) is 12.4 Å². The van der Waals surface area contributed by atoms with E-state index < -0.39 is 29.2 Å². The monoisotopic (exact) mass is 295 g/mol. The molecule has 0 amide bonds. The number of hydrogen-bond donors (Lipinski definition) is 0. The van der Waals surface area contributed by atoms with Gasteiger partial charge in [-0.25, -0.2) is 0 Å². The first-order valence-electron chi connectivity index (χ1n) is 5.06. The quantitative estimate of drug-likeness (QED) is 0.792. The Balaban J connectivity index is 2.46. The second-order valence-corrected chi connectivity index (χ2v) is 3.68. The summed E-state index contributed by atoms with van der Waals surface area (Å²) in [6, 6.07) is 2.20. The molecule has 0 aliphatic heterocycles. The summed E-state index contributed by atoms with van der Waals surface area (Å²) in [6.07, 6.45) is -6.38. The average Bonchev–Trinajstić information content (AvgIpc) is 2.79. The van der Waals surface area contributed by atoms with Crippen LogP contribution in [0.2, 0.25) is 0 Å². The molecule has 0 unspecified atom stereocenters. The molecule has 1 aromatic carbocycles. The van der Waals surface area contributed by atoms with Crippen molar-refractivity contribution in [1.29, 1.82) is 0 Å². The maximum absolute atomic E-state index is 12.6. The van der Waals surface area contributed by atoms with E-state index >= 15 is 0 Å². The van der Waals surface area contributed by atoms with Crippen molar-refractivity contribution >= 4 is 0 Å². The predicted octanol–water partition coefficient (Wildman–Crippen LogP) is 3.56. The molecule has 2 aromatic rings. The second-order valence-electron chi connectivity index (χ2n) is 3.68. The highest BCUT2D eigenvalue weighted by Crippen LogP contribution is 2.38. The number of aromatic nitrogens is 2. The topological polar surface area (TPSA) is 27.1 Å². The highest BCUT2D eigenvalue weighted by Gasteiger charge is 2.37. The predicted molar refractivity (Wildman–Crippen MR) is 53.5 cm³/mol. The molecule has 107 valence electrons.